The van der Waals surface area contributed by atoms with Gasteiger partial charge in [0.2, 0.25) is 0 Å². The van der Waals surface area contributed by atoms with Crippen LogP contribution in [0.2, 0.25) is 10.0 Å². The number of nitrogens with zero attached hydrogens (tertiary/aromatic N) is 1. The summed E-state index contributed by atoms with van der Waals surface area (Å²) in [5.41, 5.74) is 1.56. The predicted molar refractivity (Wildman–Crippen MR) is 81.3 cm³/mol. The minimum atomic E-state index is -0.468. The number of phenols is 1. The van der Waals surface area contributed by atoms with Gasteiger partial charge in [0.15, 0.2) is 0 Å². The highest BCUT2D eigenvalue weighted by molar-refractivity contribution is 6.35. The molecule has 0 saturated carbocycles. The molecule has 21 heavy (non-hydrogen) atoms. The molecule has 0 saturated heterocycles. The lowest BCUT2D eigenvalue weighted by molar-refractivity contribution is 0.469. The average molecular weight is 325 g/mol. The van der Waals surface area contributed by atoms with Crippen LogP contribution in [0, 0.1) is 24.1 Å². The van der Waals surface area contributed by atoms with Gasteiger partial charge in [-0.1, -0.05) is 23.2 Å². The topological polar surface area (TPSA) is 56.0 Å². The van der Waals surface area contributed by atoms with Gasteiger partial charge in [-0.3, -0.25) is 0 Å². The van der Waals surface area contributed by atoms with Gasteiger partial charge >= 0.3 is 0 Å². The number of halogens is 3. The van der Waals surface area contributed by atoms with Gasteiger partial charge in [-0.25, -0.2) is 4.39 Å². The SMILES string of the molecule is Cc1c(F)cc(C#N)cc1NCc1cc(Cl)cc(Cl)c1O. The van der Waals surface area contributed by atoms with E-state index < -0.39 is 5.82 Å². The van der Waals surface area contributed by atoms with E-state index in [1.165, 1.54) is 12.1 Å². The van der Waals surface area contributed by atoms with E-state index in [9.17, 15) is 9.50 Å². The van der Waals surface area contributed by atoms with Crippen LogP contribution in [0.15, 0.2) is 24.3 Å². The average Bonchev–Trinajstić information content (AvgIpc) is 2.44. The van der Waals surface area contributed by atoms with Gasteiger partial charge in [0.25, 0.3) is 0 Å². The number of nitrogens with one attached hydrogen (secondary N) is 1. The maximum absolute atomic E-state index is 13.7. The van der Waals surface area contributed by atoms with Gasteiger partial charge in [-0.15, -0.1) is 0 Å². The fourth-order valence-corrected chi connectivity index (χ4v) is 2.41. The monoisotopic (exact) mass is 324 g/mol. The first kappa shape index (κ1) is 15.4. The summed E-state index contributed by atoms with van der Waals surface area (Å²) in [5, 5.41) is 22.2. The van der Waals surface area contributed by atoms with E-state index in [1.807, 2.05) is 6.07 Å². The number of aromatic hydroxyl groups is 1. The van der Waals surface area contributed by atoms with Crippen molar-refractivity contribution in [1.29, 1.82) is 5.26 Å². The molecule has 2 aromatic carbocycles. The summed E-state index contributed by atoms with van der Waals surface area (Å²) in [5.74, 6) is -0.548. The van der Waals surface area contributed by atoms with Crippen LogP contribution in [-0.4, -0.2) is 5.11 Å². The zero-order valence-electron chi connectivity index (χ0n) is 11.0. The smallest absolute Gasteiger partial charge is 0.139 e. The lowest BCUT2D eigenvalue weighted by Gasteiger charge is -2.12. The Hall–Kier alpha value is -1.96. The Morgan fingerprint density at radius 3 is 2.67 bits per heavy atom. The van der Waals surface area contributed by atoms with E-state index in [2.05, 4.69) is 5.32 Å². The van der Waals surface area contributed by atoms with Crippen molar-refractivity contribution < 1.29 is 9.50 Å². The lowest BCUT2D eigenvalue weighted by Crippen LogP contribution is -2.03. The number of phenolic OH excluding ortho intramolecular Hbond substituents is 1. The van der Waals surface area contributed by atoms with Crippen LogP contribution in [0.1, 0.15) is 16.7 Å². The summed E-state index contributed by atoms with van der Waals surface area (Å²) in [6, 6.07) is 7.61. The molecule has 0 radical (unpaired) electrons. The second-order valence-corrected chi connectivity index (χ2v) is 5.33. The number of hydrogen-bond donors (Lipinski definition) is 2. The van der Waals surface area contributed by atoms with Crippen molar-refractivity contribution in [2.24, 2.45) is 0 Å². The molecular formula is C15H11Cl2FN2O. The third-order valence-electron chi connectivity index (χ3n) is 3.05. The largest absolute Gasteiger partial charge is 0.506 e. The summed E-state index contributed by atoms with van der Waals surface area (Å²) in [7, 11) is 0. The first-order valence-corrected chi connectivity index (χ1v) is 6.79. The molecule has 0 atom stereocenters. The highest BCUT2D eigenvalue weighted by atomic mass is 35.5. The molecule has 0 fully saturated rings. The van der Waals surface area contributed by atoms with Crippen LogP contribution in [0.25, 0.3) is 0 Å². The quantitative estimate of drug-likeness (QED) is 0.865. The van der Waals surface area contributed by atoms with Gasteiger partial charge in [0.1, 0.15) is 11.6 Å². The molecule has 2 N–H and O–H groups in total. The van der Waals surface area contributed by atoms with E-state index in [4.69, 9.17) is 28.5 Å². The highest BCUT2D eigenvalue weighted by Crippen LogP contribution is 2.32. The zero-order valence-corrected chi connectivity index (χ0v) is 12.6. The van der Waals surface area contributed by atoms with Crippen LogP contribution in [0.3, 0.4) is 0 Å². The van der Waals surface area contributed by atoms with Crippen molar-refractivity contribution >= 4 is 28.9 Å². The normalized spacial score (nSPS) is 10.2. The van der Waals surface area contributed by atoms with Crippen molar-refractivity contribution in [1.82, 2.24) is 0 Å². The molecule has 0 bridgehead atoms. The van der Waals surface area contributed by atoms with Crippen molar-refractivity contribution in [3.8, 4) is 11.8 Å². The molecule has 0 spiro atoms. The van der Waals surface area contributed by atoms with Gasteiger partial charge in [0, 0.05) is 28.4 Å². The molecule has 0 aliphatic rings. The molecule has 108 valence electrons. The van der Waals surface area contributed by atoms with Crippen molar-refractivity contribution in [3.05, 3.63) is 56.8 Å². The Balaban J connectivity index is 2.29. The maximum atomic E-state index is 13.7. The van der Waals surface area contributed by atoms with Crippen LogP contribution >= 0.6 is 23.2 Å². The van der Waals surface area contributed by atoms with Gasteiger partial charge in [0.05, 0.1) is 16.7 Å². The Labute approximate surface area is 131 Å². The van der Waals surface area contributed by atoms with E-state index in [0.717, 1.165) is 0 Å². The Bertz CT molecular complexity index is 741. The number of hydrogen-bond acceptors (Lipinski definition) is 3. The fraction of sp³-hybridized carbons (Fsp3) is 0.133. The minimum absolute atomic E-state index is 0.0804. The Morgan fingerprint density at radius 2 is 2.00 bits per heavy atom. The molecule has 0 heterocycles. The molecule has 6 heteroatoms. The molecule has 2 aromatic rings. The fourth-order valence-electron chi connectivity index (χ4n) is 1.87. The maximum Gasteiger partial charge on any atom is 0.139 e. The second-order valence-electron chi connectivity index (χ2n) is 4.49. The third kappa shape index (κ3) is 3.38. The lowest BCUT2D eigenvalue weighted by atomic mass is 10.1. The van der Waals surface area contributed by atoms with Crippen LogP contribution in [0.5, 0.6) is 5.75 Å². The molecule has 3 nitrogen and oxygen atoms in total. The van der Waals surface area contributed by atoms with Crippen LogP contribution < -0.4 is 5.32 Å². The molecule has 0 amide bonds. The van der Waals surface area contributed by atoms with E-state index in [-0.39, 0.29) is 22.9 Å². The van der Waals surface area contributed by atoms with E-state index in [1.54, 1.807) is 19.1 Å². The zero-order chi connectivity index (χ0) is 15.6. The number of rotatable bonds is 3. The summed E-state index contributed by atoms with van der Waals surface area (Å²) in [4.78, 5) is 0. The van der Waals surface area contributed by atoms with Crippen molar-refractivity contribution in [3.63, 3.8) is 0 Å². The first-order valence-electron chi connectivity index (χ1n) is 6.03. The Morgan fingerprint density at radius 1 is 1.29 bits per heavy atom. The molecule has 0 aromatic heterocycles. The van der Waals surface area contributed by atoms with Gasteiger partial charge in [-0.05, 0) is 31.2 Å². The summed E-state index contributed by atoms with van der Waals surface area (Å²) >= 11 is 11.7. The van der Waals surface area contributed by atoms with Gasteiger partial charge in [-0.2, -0.15) is 5.26 Å². The standard InChI is InChI=1S/C15H11Cl2FN2O/c1-8-13(18)2-9(6-19)3-14(8)20-7-10-4-11(16)5-12(17)15(10)21/h2-5,20-21H,7H2,1H3. The summed E-state index contributed by atoms with van der Waals surface area (Å²) < 4.78 is 13.7. The molecule has 0 unspecified atom stereocenters. The van der Waals surface area contributed by atoms with E-state index in [0.29, 0.717) is 21.8 Å². The number of benzene rings is 2. The molecule has 2 rings (SSSR count). The number of anilines is 1. The predicted octanol–water partition coefficient (Wildman–Crippen LogP) is 4.63. The van der Waals surface area contributed by atoms with Crippen molar-refractivity contribution in [2.75, 3.05) is 5.32 Å². The first-order chi connectivity index (χ1) is 9.92. The summed E-state index contributed by atoms with van der Waals surface area (Å²) in [6.07, 6.45) is 0. The minimum Gasteiger partial charge on any atom is -0.506 e. The van der Waals surface area contributed by atoms with E-state index >= 15 is 0 Å². The highest BCUT2D eigenvalue weighted by Gasteiger charge is 2.10. The third-order valence-corrected chi connectivity index (χ3v) is 3.56. The van der Waals surface area contributed by atoms with Gasteiger partial charge < -0.3 is 10.4 Å². The van der Waals surface area contributed by atoms with Crippen LogP contribution in [0.4, 0.5) is 10.1 Å². The van der Waals surface area contributed by atoms with Crippen LogP contribution in [-0.2, 0) is 6.54 Å². The molecule has 0 aliphatic heterocycles. The Kier molecular flexibility index (Phi) is 4.56. The number of nitriles is 1. The molecule has 0 aliphatic carbocycles. The van der Waals surface area contributed by atoms with Crippen molar-refractivity contribution in [2.45, 2.75) is 13.5 Å². The summed E-state index contributed by atoms with van der Waals surface area (Å²) in [6.45, 7) is 1.80. The molecular weight excluding hydrogens is 314 g/mol. The second kappa shape index (κ2) is 6.21.